The van der Waals surface area contributed by atoms with Crippen LogP contribution in [0.25, 0.3) is 32.1 Å². The van der Waals surface area contributed by atoms with Crippen LogP contribution in [0.2, 0.25) is 5.02 Å². The summed E-state index contributed by atoms with van der Waals surface area (Å²) in [6, 6.07) is 4.58. The van der Waals surface area contributed by atoms with Crippen LogP contribution in [-0.4, -0.2) is 89.9 Å². The third kappa shape index (κ3) is 4.47. The molecule has 250 valence electrons. The van der Waals surface area contributed by atoms with Gasteiger partial charge in [-0.25, -0.2) is 13.6 Å². The predicted octanol–water partition coefficient (Wildman–Crippen LogP) is 5.51. The Morgan fingerprint density at radius 2 is 2.04 bits per heavy atom. The number of nitrogens with two attached hydrogens (primary N) is 1. The molecule has 1 aliphatic carbocycles. The number of rotatable bonds is 5. The number of anilines is 2. The number of aromatic nitrogens is 2. The lowest BCUT2D eigenvalue weighted by atomic mass is 9.96. The fraction of sp³-hybridized carbons (Fsp3) is 0.455. The minimum Gasteiger partial charge on any atom is -0.489 e. The lowest BCUT2D eigenvalue weighted by Crippen LogP contribution is -2.58. The summed E-state index contributed by atoms with van der Waals surface area (Å²) < 4.78 is 45.1. The maximum Gasteiger partial charge on any atom is 0.319 e. The van der Waals surface area contributed by atoms with Crippen molar-refractivity contribution in [3.8, 4) is 29.0 Å². The first-order chi connectivity index (χ1) is 23.1. The van der Waals surface area contributed by atoms with Gasteiger partial charge in [-0.15, -0.1) is 11.3 Å². The number of fused-ring (bicyclic) bond motifs is 2. The van der Waals surface area contributed by atoms with E-state index in [1.807, 2.05) is 24.9 Å². The van der Waals surface area contributed by atoms with E-state index in [9.17, 15) is 10.1 Å². The van der Waals surface area contributed by atoms with E-state index >= 15 is 8.78 Å². The van der Waals surface area contributed by atoms with E-state index < -0.39 is 11.6 Å². The normalized spacial score (nSPS) is 23.9. The summed E-state index contributed by atoms with van der Waals surface area (Å²) >= 11 is 7.98. The molecule has 3 saturated heterocycles. The molecule has 2 aromatic heterocycles. The topological polar surface area (TPSA) is 133 Å². The number of likely N-dealkylation sites (N-methyl/N-ethyl adjacent to an activating group) is 1. The van der Waals surface area contributed by atoms with Crippen LogP contribution in [0.15, 0.2) is 12.1 Å². The van der Waals surface area contributed by atoms with Crippen molar-refractivity contribution < 1.29 is 23.0 Å². The van der Waals surface area contributed by atoms with Gasteiger partial charge >= 0.3 is 12.0 Å². The molecule has 0 radical (unpaired) electrons. The number of amides is 2. The first-order valence-electron chi connectivity index (χ1n) is 16.0. The molecule has 5 aliphatic rings. The molecule has 4 fully saturated rings. The van der Waals surface area contributed by atoms with E-state index in [-0.39, 0.29) is 102 Å². The standard InChI is InChI=1S/C33H33ClF2N8O3S/c1-14(19-5-4-8-42(19)3)47-32-40-27-24-28(46-10-9-43(31(24)41-32)20-11-15-12-21(20)44(15)33(45)39-2)25(34)23(26(27)36)16-6-7-18(35)29-22(16)17(13-37)30(38)48-29/h6-7,14-15,19-21H,4-5,8-12,38H2,1-3H3,(H,39,45)/t14-,15?,19-,20?,21?/m0/s1. The zero-order chi connectivity index (χ0) is 33.6. The van der Waals surface area contributed by atoms with Crippen LogP contribution in [-0.2, 0) is 0 Å². The summed E-state index contributed by atoms with van der Waals surface area (Å²) in [5.74, 6) is -0.768. The number of urea groups is 1. The molecule has 1 saturated carbocycles. The number of carbonyl (C=O) groups excluding carboxylic acids is 1. The van der Waals surface area contributed by atoms with Crippen molar-refractivity contribution in [2.75, 3.05) is 44.4 Å². The molecule has 9 rings (SSSR count). The monoisotopic (exact) mass is 694 g/mol. The average Bonchev–Trinajstić information content (AvgIpc) is 3.82. The average molecular weight is 695 g/mol. The largest absolute Gasteiger partial charge is 0.489 e. The minimum absolute atomic E-state index is 0.00516. The van der Waals surface area contributed by atoms with E-state index in [1.54, 1.807) is 7.05 Å². The number of nitrogens with zero attached hydrogens (tertiary/aromatic N) is 6. The van der Waals surface area contributed by atoms with Crippen molar-refractivity contribution in [1.82, 2.24) is 25.1 Å². The molecular weight excluding hydrogens is 662 g/mol. The second-order valence-electron chi connectivity index (χ2n) is 12.9. The third-order valence-corrected chi connectivity index (χ3v) is 11.9. The van der Waals surface area contributed by atoms with Crippen LogP contribution in [0, 0.1) is 23.0 Å². The van der Waals surface area contributed by atoms with Crippen LogP contribution < -0.4 is 25.4 Å². The van der Waals surface area contributed by atoms with Crippen LogP contribution in [0.4, 0.5) is 24.4 Å². The SMILES string of the molecule is CNC(=O)N1C2CC(N3CCOc4c(Cl)c(-c5ccc(F)c6sc(N)c(C#N)c56)c(F)c5nc(O[C@@H](C)[C@@H]6CCCN6C)nc3c45)C1C2. The van der Waals surface area contributed by atoms with E-state index in [1.165, 1.54) is 12.1 Å². The lowest BCUT2D eigenvalue weighted by molar-refractivity contribution is 0.104. The van der Waals surface area contributed by atoms with Gasteiger partial charge in [0.2, 0.25) is 0 Å². The maximum absolute atomic E-state index is 17.2. The number of likely N-dealkylation sites (tertiary alicyclic amines) is 1. The van der Waals surface area contributed by atoms with Crippen molar-refractivity contribution in [2.24, 2.45) is 0 Å². The van der Waals surface area contributed by atoms with Gasteiger partial charge in [0.1, 0.15) is 40.9 Å². The van der Waals surface area contributed by atoms with Crippen LogP contribution in [0.5, 0.6) is 11.8 Å². The molecule has 3 N–H and O–H groups in total. The van der Waals surface area contributed by atoms with E-state index in [2.05, 4.69) is 20.1 Å². The summed E-state index contributed by atoms with van der Waals surface area (Å²) in [5, 5.41) is 13.2. The summed E-state index contributed by atoms with van der Waals surface area (Å²) in [6.45, 7) is 3.49. The Labute approximate surface area is 284 Å². The van der Waals surface area contributed by atoms with Gasteiger partial charge in [-0.05, 0) is 57.8 Å². The molecule has 6 heterocycles. The van der Waals surface area contributed by atoms with Gasteiger partial charge in [-0.1, -0.05) is 17.7 Å². The molecule has 4 aromatic rings. The highest BCUT2D eigenvalue weighted by Crippen LogP contribution is 2.52. The smallest absolute Gasteiger partial charge is 0.319 e. The van der Waals surface area contributed by atoms with Gasteiger partial charge in [0.05, 0.1) is 39.3 Å². The van der Waals surface area contributed by atoms with Crippen LogP contribution in [0.1, 0.15) is 38.2 Å². The molecule has 3 unspecified atom stereocenters. The highest BCUT2D eigenvalue weighted by Gasteiger charge is 2.56. The first-order valence-corrected chi connectivity index (χ1v) is 17.2. The predicted molar refractivity (Wildman–Crippen MR) is 180 cm³/mol. The first kappa shape index (κ1) is 31.1. The number of halogens is 3. The minimum atomic E-state index is -0.785. The Morgan fingerprint density at radius 3 is 2.77 bits per heavy atom. The van der Waals surface area contributed by atoms with Crippen molar-refractivity contribution in [3.05, 3.63) is 34.4 Å². The Morgan fingerprint density at radius 1 is 1.25 bits per heavy atom. The summed E-state index contributed by atoms with van der Waals surface area (Å²) in [6.07, 6.45) is 3.27. The number of ether oxygens (including phenoxy) is 2. The zero-order valence-electron chi connectivity index (χ0n) is 26.5. The molecule has 15 heteroatoms. The fourth-order valence-electron chi connectivity index (χ4n) is 8.23. The molecule has 0 spiro atoms. The van der Waals surface area contributed by atoms with E-state index in [4.69, 9.17) is 31.8 Å². The number of nitriles is 1. The van der Waals surface area contributed by atoms with E-state index in [0.29, 0.717) is 12.4 Å². The molecule has 48 heavy (non-hydrogen) atoms. The molecule has 2 amide bonds. The van der Waals surface area contributed by atoms with Gasteiger partial charge < -0.3 is 30.3 Å². The van der Waals surface area contributed by atoms with Crippen LogP contribution >= 0.6 is 22.9 Å². The van der Waals surface area contributed by atoms with Crippen molar-refractivity contribution in [3.63, 3.8) is 0 Å². The number of thiophene rings is 1. The van der Waals surface area contributed by atoms with E-state index in [0.717, 1.165) is 43.6 Å². The summed E-state index contributed by atoms with van der Waals surface area (Å²) in [7, 11) is 3.67. The Bertz CT molecular complexity index is 2060. The Balaban J connectivity index is 1.34. The number of carbonyl (C=O) groups is 1. The van der Waals surface area contributed by atoms with Gasteiger partial charge in [0, 0.05) is 30.1 Å². The highest BCUT2D eigenvalue weighted by molar-refractivity contribution is 7.23. The fourth-order valence-corrected chi connectivity index (χ4v) is 9.52. The second kappa shape index (κ2) is 11.5. The number of benzene rings is 2. The number of nitrogens with one attached hydrogen (secondary N) is 1. The lowest BCUT2D eigenvalue weighted by Gasteiger charge is -2.42. The van der Waals surface area contributed by atoms with Crippen molar-refractivity contribution >= 4 is 60.8 Å². The van der Waals surface area contributed by atoms with Crippen molar-refractivity contribution in [2.45, 2.75) is 62.9 Å². The highest BCUT2D eigenvalue weighted by atomic mass is 35.5. The molecule has 4 aliphatic heterocycles. The molecule has 11 nitrogen and oxygen atoms in total. The summed E-state index contributed by atoms with van der Waals surface area (Å²) in [4.78, 5) is 28.4. The Hall–Kier alpha value is -4.19. The molecule has 5 atom stereocenters. The van der Waals surface area contributed by atoms with Gasteiger partial charge in [-0.2, -0.15) is 15.2 Å². The number of hydrogen-bond donors (Lipinski definition) is 2. The third-order valence-electron chi connectivity index (χ3n) is 10.5. The zero-order valence-corrected chi connectivity index (χ0v) is 28.1. The van der Waals surface area contributed by atoms with Crippen LogP contribution in [0.3, 0.4) is 0 Å². The quantitative estimate of drug-likeness (QED) is 0.277. The molecule has 2 aromatic carbocycles. The second-order valence-corrected chi connectivity index (χ2v) is 14.3. The molecular formula is C33H33ClF2N8O3S. The van der Waals surface area contributed by atoms with Crippen molar-refractivity contribution in [1.29, 1.82) is 5.26 Å². The van der Waals surface area contributed by atoms with Gasteiger partial charge in [-0.3, -0.25) is 4.90 Å². The maximum atomic E-state index is 17.2. The number of nitrogen functional groups attached to an aromatic ring is 1. The summed E-state index contributed by atoms with van der Waals surface area (Å²) in [5.41, 5.74) is 6.19. The Kier molecular flexibility index (Phi) is 7.43. The number of hydrogen-bond acceptors (Lipinski definition) is 10. The van der Waals surface area contributed by atoms with Gasteiger partial charge in [0.15, 0.2) is 11.6 Å². The van der Waals surface area contributed by atoms with Gasteiger partial charge in [0.25, 0.3) is 0 Å². The molecule has 2 bridgehead atoms.